The Bertz CT molecular complexity index is 1280. The van der Waals surface area contributed by atoms with Crippen molar-refractivity contribution in [2.75, 3.05) is 16.8 Å². The van der Waals surface area contributed by atoms with Crippen LogP contribution in [0.2, 0.25) is 0 Å². The van der Waals surface area contributed by atoms with Gasteiger partial charge in [-0.2, -0.15) is 0 Å². The highest BCUT2D eigenvalue weighted by molar-refractivity contribution is 8.19. The Morgan fingerprint density at radius 2 is 1.97 bits per heavy atom. The summed E-state index contributed by atoms with van der Waals surface area (Å²) in [5, 5.41) is 17.6. The minimum Gasteiger partial charge on any atom is -0.462 e. The summed E-state index contributed by atoms with van der Waals surface area (Å²) >= 11 is 0.905. The zero-order valence-electron chi connectivity index (χ0n) is 17.4. The van der Waals surface area contributed by atoms with Crippen molar-refractivity contribution in [3.05, 3.63) is 52.6 Å². The van der Waals surface area contributed by atoms with Crippen LogP contribution < -0.4 is 10.2 Å². The number of hydrogen-bond donors (Lipinski definition) is 2. The fourth-order valence-electron chi connectivity index (χ4n) is 2.96. The van der Waals surface area contributed by atoms with E-state index in [0.717, 1.165) is 22.2 Å². The summed E-state index contributed by atoms with van der Waals surface area (Å²) in [6.45, 7) is 3.31. The summed E-state index contributed by atoms with van der Waals surface area (Å²) in [5.74, 6) is -0.580. The van der Waals surface area contributed by atoms with E-state index in [1.54, 1.807) is 43.3 Å². The average Bonchev–Trinajstić information content (AvgIpc) is 3.49. The number of benzene rings is 1. The summed E-state index contributed by atoms with van der Waals surface area (Å²) in [5.41, 5.74) is 1.17. The Morgan fingerprint density at radius 1 is 1.21 bits per heavy atom. The maximum atomic E-state index is 12.9. The van der Waals surface area contributed by atoms with Gasteiger partial charge in [-0.05, 0) is 53.3 Å². The molecule has 12 heteroatoms. The van der Waals surface area contributed by atoms with Gasteiger partial charge in [0.15, 0.2) is 5.17 Å². The van der Waals surface area contributed by atoms with Gasteiger partial charge in [0.1, 0.15) is 11.5 Å². The van der Waals surface area contributed by atoms with Crippen molar-refractivity contribution >= 4 is 52.4 Å². The van der Waals surface area contributed by atoms with E-state index in [0.29, 0.717) is 23.7 Å². The average molecular weight is 467 g/mol. The molecule has 33 heavy (non-hydrogen) atoms. The van der Waals surface area contributed by atoms with Crippen LogP contribution in [0.1, 0.15) is 30.0 Å². The van der Waals surface area contributed by atoms with Crippen molar-refractivity contribution in [3.8, 4) is 11.3 Å². The first-order valence-corrected chi connectivity index (χ1v) is 10.5. The van der Waals surface area contributed by atoms with E-state index in [1.807, 2.05) is 0 Å². The minimum absolute atomic E-state index is 0.0611. The molecule has 2 amide bonds. The van der Waals surface area contributed by atoms with Crippen LogP contribution in [0.4, 0.5) is 11.6 Å². The van der Waals surface area contributed by atoms with Crippen LogP contribution in [0.15, 0.2) is 50.3 Å². The first kappa shape index (κ1) is 22.0. The number of carbonyl (C=O) groups excluding carboxylic acids is 3. The second-order valence-corrected chi connectivity index (χ2v) is 7.70. The minimum atomic E-state index is -0.538. The van der Waals surface area contributed by atoms with Crippen molar-refractivity contribution < 1.29 is 28.2 Å². The Balaban J connectivity index is 1.53. The summed E-state index contributed by atoms with van der Waals surface area (Å²) in [6.07, 6.45) is 1.50. The number of nitrogens with one attached hydrogen (secondary N) is 2. The molecule has 1 saturated heterocycles. The molecule has 4 rings (SSSR count). The fourth-order valence-corrected chi connectivity index (χ4v) is 3.78. The molecule has 0 spiro atoms. The maximum Gasteiger partial charge on any atom is 0.338 e. The van der Waals surface area contributed by atoms with Gasteiger partial charge in [-0.1, -0.05) is 12.1 Å². The van der Waals surface area contributed by atoms with E-state index >= 15 is 0 Å². The fraction of sp³-hybridized carbons (Fsp3) is 0.143. The van der Waals surface area contributed by atoms with Crippen molar-refractivity contribution in [2.24, 2.45) is 0 Å². The summed E-state index contributed by atoms with van der Waals surface area (Å²) in [4.78, 5) is 37.2. The van der Waals surface area contributed by atoms with Crippen LogP contribution in [0.25, 0.3) is 17.4 Å². The van der Waals surface area contributed by atoms with E-state index in [2.05, 4.69) is 20.3 Å². The predicted molar refractivity (Wildman–Crippen MR) is 119 cm³/mol. The number of furan rings is 1. The van der Waals surface area contributed by atoms with E-state index in [-0.39, 0.29) is 21.7 Å². The Hall–Kier alpha value is -4.19. The number of ether oxygens (including phenoxy) is 1. The number of nitrogens with zero attached hydrogens (tertiary/aromatic N) is 3. The molecular formula is C21H17N5O6S. The van der Waals surface area contributed by atoms with E-state index in [4.69, 9.17) is 14.6 Å². The summed E-state index contributed by atoms with van der Waals surface area (Å²) in [6, 6.07) is 10.2. The monoisotopic (exact) mass is 467 g/mol. The maximum absolute atomic E-state index is 12.9. The van der Waals surface area contributed by atoms with Crippen LogP contribution in [0.3, 0.4) is 0 Å². The number of amidine groups is 1. The lowest BCUT2D eigenvalue weighted by Crippen LogP contribution is -2.29. The number of amides is 2. The third-order valence-corrected chi connectivity index (χ3v) is 5.27. The van der Waals surface area contributed by atoms with E-state index < -0.39 is 17.8 Å². The Kier molecular flexibility index (Phi) is 6.09. The molecule has 0 radical (unpaired) electrons. The highest BCUT2D eigenvalue weighted by atomic mass is 32.2. The lowest BCUT2D eigenvalue weighted by atomic mass is 10.1. The lowest BCUT2D eigenvalue weighted by molar-refractivity contribution is -0.114. The van der Waals surface area contributed by atoms with Gasteiger partial charge in [0.05, 0.1) is 17.1 Å². The molecule has 0 unspecified atom stereocenters. The van der Waals surface area contributed by atoms with Gasteiger partial charge in [-0.3, -0.25) is 15.0 Å². The molecule has 0 aliphatic carbocycles. The number of hydrogen-bond acceptors (Lipinski definition) is 10. The number of carbonyl (C=O) groups is 3. The van der Waals surface area contributed by atoms with Gasteiger partial charge in [-0.15, -0.1) is 0 Å². The molecule has 0 atom stereocenters. The molecule has 11 nitrogen and oxygen atoms in total. The molecule has 1 aromatic carbocycles. The smallest absolute Gasteiger partial charge is 0.338 e. The molecule has 2 aromatic heterocycles. The largest absolute Gasteiger partial charge is 0.462 e. The Labute approximate surface area is 191 Å². The third-order valence-electron chi connectivity index (χ3n) is 4.38. The van der Waals surface area contributed by atoms with Crippen molar-refractivity contribution in [1.29, 1.82) is 5.41 Å². The SMILES string of the molecule is CCOC(=O)c1ccc(-c2ccc(C=C3SC(=N)N(c4nonc4NC(C)=O)C3=O)o2)cc1. The lowest BCUT2D eigenvalue weighted by Gasteiger charge is -2.10. The van der Waals surface area contributed by atoms with Gasteiger partial charge in [-0.25, -0.2) is 14.3 Å². The van der Waals surface area contributed by atoms with Gasteiger partial charge >= 0.3 is 5.97 Å². The van der Waals surface area contributed by atoms with Gasteiger partial charge in [0.2, 0.25) is 17.5 Å². The molecule has 168 valence electrons. The quantitative estimate of drug-likeness (QED) is 0.410. The molecule has 0 saturated carbocycles. The number of anilines is 2. The highest BCUT2D eigenvalue weighted by Gasteiger charge is 2.38. The van der Waals surface area contributed by atoms with Crippen LogP contribution in [0.5, 0.6) is 0 Å². The number of rotatable bonds is 6. The topological polar surface area (TPSA) is 152 Å². The van der Waals surface area contributed by atoms with Crippen molar-refractivity contribution in [3.63, 3.8) is 0 Å². The molecule has 2 N–H and O–H groups in total. The standard InChI is InChI=1S/C21H17N5O6S/c1-3-30-20(29)13-6-4-12(5-7-13)15-9-8-14(31-15)10-16-19(28)26(21(22)33-16)18-17(23-11(2)27)24-32-25-18/h4-10,22H,3H2,1-2H3,(H,23,24,27). The van der Waals surface area contributed by atoms with E-state index in [1.165, 1.54) is 13.0 Å². The zero-order valence-corrected chi connectivity index (χ0v) is 18.3. The molecule has 1 aliphatic rings. The van der Waals surface area contributed by atoms with Gasteiger partial charge < -0.3 is 14.5 Å². The molecule has 3 aromatic rings. The second-order valence-electron chi connectivity index (χ2n) is 6.67. The van der Waals surface area contributed by atoms with Crippen LogP contribution in [0, 0.1) is 5.41 Å². The molecule has 0 bridgehead atoms. The Morgan fingerprint density at radius 3 is 2.67 bits per heavy atom. The third kappa shape index (κ3) is 4.55. The number of thioether (sulfide) groups is 1. The summed E-state index contributed by atoms with van der Waals surface area (Å²) < 4.78 is 15.4. The van der Waals surface area contributed by atoms with Gasteiger partial charge in [0.25, 0.3) is 5.91 Å². The van der Waals surface area contributed by atoms with Gasteiger partial charge in [0, 0.05) is 18.6 Å². The number of esters is 1. The molecular weight excluding hydrogens is 450 g/mol. The number of aromatic nitrogens is 2. The summed E-state index contributed by atoms with van der Waals surface area (Å²) in [7, 11) is 0. The highest BCUT2D eigenvalue weighted by Crippen LogP contribution is 2.37. The first-order valence-electron chi connectivity index (χ1n) is 9.67. The van der Waals surface area contributed by atoms with Crippen LogP contribution in [-0.4, -0.2) is 39.9 Å². The predicted octanol–water partition coefficient (Wildman–Crippen LogP) is 3.52. The zero-order chi connectivity index (χ0) is 23.5. The van der Waals surface area contributed by atoms with Crippen molar-refractivity contribution in [1.82, 2.24) is 10.3 Å². The molecule has 1 fully saturated rings. The van der Waals surface area contributed by atoms with Crippen molar-refractivity contribution in [2.45, 2.75) is 13.8 Å². The second kappa shape index (κ2) is 9.12. The van der Waals surface area contributed by atoms with Crippen LogP contribution in [-0.2, 0) is 14.3 Å². The van der Waals surface area contributed by atoms with E-state index in [9.17, 15) is 14.4 Å². The molecule has 1 aliphatic heterocycles. The van der Waals surface area contributed by atoms with Crippen LogP contribution >= 0.6 is 11.8 Å². The first-order chi connectivity index (χ1) is 15.9. The normalized spacial score (nSPS) is 14.7. The molecule has 3 heterocycles.